The molecule has 0 saturated heterocycles. The van der Waals surface area contributed by atoms with E-state index in [4.69, 9.17) is 10.5 Å². The van der Waals surface area contributed by atoms with E-state index >= 15 is 0 Å². The highest BCUT2D eigenvalue weighted by molar-refractivity contribution is 7.98. The average molecular weight is 296 g/mol. The number of hydrogen-bond acceptors (Lipinski definition) is 4. The monoisotopic (exact) mass is 296 g/mol. The summed E-state index contributed by atoms with van der Waals surface area (Å²) in [6.07, 6.45) is 2.73. The van der Waals surface area contributed by atoms with Crippen LogP contribution in [0.25, 0.3) is 0 Å². The summed E-state index contributed by atoms with van der Waals surface area (Å²) in [6.45, 7) is 3.18. The number of nitrogens with two attached hydrogens (primary N) is 1. The van der Waals surface area contributed by atoms with Gasteiger partial charge in [0.1, 0.15) is 5.75 Å². The molecule has 0 aliphatic heterocycles. The Balaban J connectivity index is 2.52. The zero-order valence-corrected chi connectivity index (χ0v) is 13.3. The molecule has 112 valence electrons. The third-order valence-electron chi connectivity index (χ3n) is 2.98. The van der Waals surface area contributed by atoms with Crippen LogP contribution in [0.2, 0.25) is 0 Å². The molecular weight excluding hydrogens is 272 g/mol. The summed E-state index contributed by atoms with van der Waals surface area (Å²) in [7, 11) is 1.79. The Kier molecular flexibility index (Phi) is 7.47. The highest BCUT2D eigenvalue weighted by Gasteiger charge is 2.17. The van der Waals surface area contributed by atoms with Gasteiger partial charge in [-0.3, -0.25) is 4.79 Å². The summed E-state index contributed by atoms with van der Waals surface area (Å²) < 4.78 is 5.39. The van der Waals surface area contributed by atoms with Gasteiger partial charge in [-0.1, -0.05) is 12.1 Å². The van der Waals surface area contributed by atoms with Crippen LogP contribution in [-0.2, 0) is 11.3 Å². The Morgan fingerprint density at radius 2 is 2.05 bits per heavy atom. The van der Waals surface area contributed by atoms with Crippen LogP contribution in [0.3, 0.4) is 0 Å². The summed E-state index contributed by atoms with van der Waals surface area (Å²) in [4.78, 5) is 13.8. The van der Waals surface area contributed by atoms with E-state index in [9.17, 15) is 4.79 Å². The first-order chi connectivity index (χ1) is 9.58. The molecule has 1 amide bonds. The molecule has 20 heavy (non-hydrogen) atoms. The van der Waals surface area contributed by atoms with Gasteiger partial charge in [0.05, 0.1) is 12.6 Å². The average Bonchev–Trinajstić information content (AvgIpc) is 2.46. The first kappa shape index (κ1) is 16.9. The maximum atomic E-state index is 12.1. The summed E-state index contributed by atoms with van der Waals surface area (Å²) >= 11 is 1.70. The second-order valence-electron chi connectivity index (χ2n) is 4.66. The minimum atomic E-state index is -0.407. The number of carbonyl (C=O) groups excluding carboxylic acids is 1. The quantitative estimate of drug-likeness (QED) is 0.798. The minimum absolute atomic E-state index is 0.00654. The molecule has 0 aliphatic rings. The molecule has 0 saturated carbocycles. The predicted molar refractivity (Wildman–Crippen MR) is 85.1 cm³/mol. The molecular formula is C15H24N2O2S. The first-order valence-electron chi connectivity index (χ1n) is 6.79. The lowest BCUT2D eigenvalue weighted by Gasteiger charge is -2.21. The molecule has 1 atom stereocenters. The van der Waals surface area contributed by atoms with Gasteiger partial charge in [-0.15, -0.1) is 0 Å². The molecule has 1 rings (SSSR count). The normalized spacial score (nSPS) is 12.0. The number of benzene rings is 1. The first-order valence-corrected chi connectivity index (χ1v) is 8.19. The van der Waals surface area contributed by atoms with E-state index in [1.807, 2.05) is 37.4 Å². The fourth-order valence-electron chi connectivity index (χ4n) is 1.86. The van der Waals surface area contributed by atoms with Crippen LogP contribution >= 0.6 is 11.8 Å². The largest absolute Gasteiger partial charge is 0.494 e. The number of carbonyl (C=O) groups is 1. The molecule has 0 fully saturated rings. The Hall–Kier alpha value is -1.20. The molecule has 0 unspecified atom stereocenters. The van der Waals surface area contributed by atoms with E-state index in [-0.39, 0.29) is 5.91 Å². The van der Waals surface area contributed by atoms with Crippen LogP contribution in [0, 0.1) is 0 Å². The van der Waals surface area contributed by atoms with Gasteiger partial charge < -0.3 is 15.4 Å². The molecule has 0 spiro atoms. The van der Waals surface area contributed by atoms with Crippen molar-refractivity contribution in [2.75, 3.05) is 25.7 Å². The Morgan fingerprint density at radius 1 is 1.40 bits per heavy atom. The van der Waals surface area contributed by atoms with Gasteiger partial charge in [0.25, 0.3) is 0 Å². The molecule has 0 radical (unpaired) electrons. The van der Waals surface area contributed by atoms with Gasteiger partial charge in [0.15, 0.2) is 0 Å². The van der Waals surface area contributed by atoms with Crippen LogP contribution in [0.5, 0.6) is 5.75 Å². The molecule has 5 heteroatoms. The van der Waals surface area contributed by atoms with Gasteiger partial charge >= 0.3 is 0 Å². The standard InChI is InChI=1S/C15H24N2O2S/c1-4-19-13-7-5-12(6-8-13)11-17(2)15(18)14(16)9-10-20-3/h5-8,14H,4,9-11,16H2,1-3H3/t14-/m0/s1. The van der Waals surface area contributed by atoms with E-state index in [0.717, 1.165) is 17.1 Å². The van der Waals surface area contributed by atoms with Crippen molar-refractivity contribution >= 4 is 17.7 Å². The molecule has 0 bridgehead atoms. The van der Waals surface area contributed by atoms with E-state index in [1.54, 1.807) is 23.7 Å². The van der Waals surface area contributed by atoms with Crippen molar-refractivity contribution in [1.82, 2.24) is 4.90 Å². The molecule has 1 aromatic rings. The van der Waals surface area contributed by atoms with Crippen LogP contribution in [0.15, 0.2) is 24.3 Å². The van der Waals surface area contributed by atoms with Crippen molar-refractivity contribution in [3.8, 4) is 5.75 Å². The van der Waals surface area contributed by atoms with E-state index in [2.05, 4.69) is 0 Å². The van der Waals surface area contributed by atoms with E-state index in [1.165, 1.54) is 0 Å². The lowest BCUT2D eigenvalue weighted by Crippen LogP contribution is -2.41. The second-order valence-corrected chi connectivity index (χ2v) is 5.64. The highest BCUT2D eigenvalue weighted by atomic mass is 32.2. The predicted octanol–water partition coefficient (Wildman–Crippen LogP) is 2.12. The second kappa shape index (κ2) is 8.87. The topological polar surface area (TPSA) is 55.6 Å². The number of ether oxygens (including phenoxy) is 1. The lowest BCUT2D eigenvalue weighted by atomic mass is 10.1. The van der Waals surface area contributed by atoms with Crippen molar-refractivity contribution in [2.24, 2.45) is 5.73 Å². The van der Waals surface area contributed by atoms with Crippen molar-refractivity contribution in [3.05, 3.63) is 29.8 Å². The van der Waals surface area contributed by atoms with Gasteiger partial charge in [-0.05, 0) is 43.0 Å². The van der Waals surface area contributed by atoms with Gasteiger partial charge in [-0.2, -0.15) is 11.8 Å². The molecule has 4 nitrogen and oxygen atoms in total. The lowest BCUT2D eigenvalue weighted by molar-refractivity contribution is -0.131. The number of amides is 1. The number of thioether (sulfide) groups is 1. The van der Waals surface area contributed by atoms with E-state index < -0.39 is 6.04 Å². The number of rotatable bonds is 8. The van der Waals surface area contributed by atoms with Gasteiger partial charge in [0.2, 0.25) is 5.91 Å². The third-order valence-corrected chi connectivity index (χ3v) is 3.62. The number of likely N-dealkylation sites (N-methyl/N-ethyl adjacent to an activating group) is 1. The van der Waals surface area contributed by atoms with Crippen LogP contribution < -0.4 is 10.5 Å². The number of nitrogens with zero attached hydrogens (tertiary/aromatic N) is 1. The maximum absolute atomic E-state index is 12.1. The summed E-state index contributed by atoms with van der Waals surface area (Å²) in [6, 6.07) is 7.38. The third kappa shape index (κ3) is 5.43. The van der Waals surface area contributed by atoms with E-state index in [0.29, 0.717) is 19.6 Å². The summed E-state index contributed by atoms with van der Waals surface area (Å²) in [5.74, 6) is 1.75. The summed E-state index contributed by atoms with van der Waals surface area (Å²) in [5.41, 5.74) is 6.97. The fourth-order valence-corrected chi connectivity index (χ4v) is 2.35. The Morgan fingerprint density at radius 3 is 2.60 bits per heavy atom. The van der Waals surface area contributed by atoms with Crippen molar-refractivity contribution in [3.63, 3.8) is 0 Å². The van der Waals surface area contributed by atoms with Crippen LogP contribution in [-0.4, -0.2) is 42.5 Å². The molecule has 0 aromatic heterocycles. The van der Waals surface area contributed by atoms with Gasteiger partial charge in [-0.25, -0.2) is 0 Å². The minimum Gasteiger partial charge on any atom is -0.494 e. The Bertz CT molecular complexity index is 409. The smallest absolute Gasteiger partial charge is 0.239 e. The summed E-state index contributed by atoms with van der Waals surface area (Å²) in [5, 5.41) is 0. The zero-order valence-electron chi connectivity index (χ0n) is 12.5. The highest BCUT2D eigenvalue weighted by Crippen LogP contribution is 2.13. The van der Waals surface area contributed by atoms with Crippen molar-refractivity contribution < 1.29 is 9.53 Å². The Labute approximate surface area is 125 Å². The van der Waals surface area contributed by atoms with Crippen molar-refractivity contribution in [1.29, 1.82) is 0 Å². The molecule has 0 aliphatic carbocycles. The number of hydrogen-bond donors (Lipinski definition) is 1. The van der Waals surface area contributed by atoms with Gasteiger partial charge in [0, 0.05) is 13.6 Å². The maximum Gasteiger partial charge on any atom is 0.239 e. The van der Waals surface area contributed by atoms with Crippen LogP contribution in [0.4, 0.5) is 0 Å². The van der Waals surface area contributed by atoms with Crippen LogP contribution in [0.1, 0.15) is 18.9 Å². The molecule has 0 heterocycles. The molecule has 1 aromatic carbocycles. The SMILES string of the molecule is CCOc1ccc(CN(C)C(=O)[C@@H](N)CCSC)cc1. The zero-order chi connectivity index (χ0) is 15.0. The fraction of sp³-hybridized carbons (Fsp3) is 0.533. The molecule has 2 N–H and O–H groups in total. The van der Waals surface area contributed by atoms with Crippen molar-refractivity contribution in [2.45, 2.75) is 25.9 Å².